The number of ether oxygens (including phenoxy) is 1. The van der Waals surface area contributed by atoms with Crippen molar-refractivity contribution in [3.63, 3.8) is 0 Å². The third-order valence-corrected chi connectivity index (χ3v) is 3.22. The van der Waals surface area contributed by atoms with E-state index in [0.717, 1.165) is 12.8 Å². The highest BCUT2D eigenvalue weighted by atomic mass is 35.5. The van der Waals surface area contributed by atoms with Crippen molar-refractivity contribution < 1.29 is 9.53 Å². The lowest BCUT2D eigenvalue weighted by atomic mass is 10.1. The van der Waals surface area contributed by atoms with Gasteiger partial charge in [-0.05, 0) is 12.8 Å². The summed E-state index contributed by atoms with van der Waals surface area (Å²) in [6.45, 7) is 5.18. The lowest BCUT2D eigenvalue weighted by Crippen LogP contribution is -2.42. The van der Waals surface area contributed by atoms with Gasteiger partial charge >= 0.3 is 0 Å². The summed E-state index contributed by atoms with van der Waals surface area (Å²) in [5, 5.41) is 0.280. The van der Waals surface area contributed by atoms with Gasteiger partial charge in [0, 0.05) is 19.7 Å². The standard InChI is InChI=1S/C13H20ClN3O2/c1-4-10(5-2)17(6-7-19-3)13(18)11-8-16-12(14)9-15-11/h8-10H,4-7H2,1-3H3. The van der Waals surface area contributed by atoms with Crippen LogP contribution in [0.3, 0.4) is 0 Å². The Balaban J connectivity index is 2.89. The minimum Gasteiger partial charge on any atom is -0.383 e. The van der Waals surface area contributed by atoms with E-state index in [1.165, 1.54) is 12.4 Å². The van der Waals surface area contributed by atoms with Crippen molar-refractivity contribution in [2.75, 3.05) is 20.3 Å². The molecule has 0 spiro atoms. The van der Waals surface area contributed by atoms with Crippen molar-refractivity contribution in [2.24, 2.45) is 0 Å². The van der Waals surface area contributed by atoms with Crippen molar-refractivity contribution >= 4 is 17.5 Å². The molecule has 0 aliphatic heterocycles. The summed E-state index contributed by atoms with van der Waals surface area (Å²) in [4.78, 5) is 22.2. The molecule has 19 heavy (non-hydrogen) atoms. The molecular weight excluding hydrogens is 266 g/mol. The lowest BCUT2D eigenvalue weighted by Gasteiger charge is -2.30. The van der Waals surface area contributed by atoms with Crippen LogP contribution in [0.2, 0.25) is 5.15 Å². The zero-order chi connectivity index (χ0) is 14.3. The highest BCUT2D eigenvalue weighted by molar-refractivity contribution is 6.29. The Morgan fingerprint density at radius 3 is 2.53 bits per heavy atom. The Kier molecular flexibility index (Phi) is 6.73. The van der Waals surface area contributed by atoms with Gasteiger partial charge in [0.25, 0.3) is 5.91 Å². The van der Waals surface area contributed by atoms with Crippen LogP contribution in [0.5, 0.6) is 0 Å². The molecule has 6 heteroatoms. The van der Waals surface area contributed by atoms with E-state index < -0.39 is 0 Å². The quantitative estimate of drug-likeness (QED) is 0.772. The van der Waals surface area contributed by atoms with Crippen LogP contribution in [0.25, 0.3) is 0 Å². The summed E-state index contributed by atoms with van der Waals surface area (Å²) in [6.07, 6.45) is 4.59. The highest BCUT2D eigenvalue weighted by Crippen LogP contribution is 2.13. The first kappa shape index (κ1) is 15.9. The van der Waals surface area contributed by atoms with Gasteiger partial charge in [-0.1, -0.05) is 25.4 Å². The molecule has 0 unspecified atom stereocenters. The maximum Gasteiger partial charge on any atom is 0.274 e. The van der Waals surface area contributed by atoms with Crippen LogP contribution in [-0.4, -0.2) is 47.1 Å². The Bertz CT molecular complexity index is 393. The summed E-state index contributed by atoms with van der Waals surface area (Å²) >= 11 is 5.68. The lowest BCUT2D eigenvalue weighted by molar-refractivity contribution is 0.0583. The zero-order valence-corrected chi connectivity index (χ0v) is 12.4. The number of rotatable bonds is 7. The Hall–Kier alpha value is -1.20. The first-order valence-electron chi connectivity index (χ1n) is 6.41. The van der Waals surface area contributed by atoms with Crippen LogP contribution in [0.4, 0.5) is 0 Å². The average Bonchev–Trinajstić information content (AvgIpc) is 2.43. The maximum absolute atomic E-state index is 12.4. The third-order valence-electron chi connectivity index (χ3n) is 3.02. The minimum atomic E-state index is -0.130. The molecule has 1 amide bonds. The minimum absolute atomic E-state index is 0.130. The summed E-state index contributed by atoms with van der Waals surface area (Å²) in [5.74, 6) is -0.130. The Morgan fingerprint density at radius 1 is 1.37 bits per heavy atom. The normalized spacial score (nSPS) is 10.8. The van der Waals surface area contributed by atoms with Crippen molar-refractivity contribution in [1.82, 2.24) is 14.9 Å². The fourth-order valence-corrected chi connectivity index (χ4v) is 2.04. The number of halogens is 1. The molecule has 0 fully saturated rings. The number of hydrogen-bond donors (Lipinski definition) is 0. The predicted octanol–water partition coefficient (Wildman–Crippen LogP) is 2.41. The number of carbonyl (C=O) groups excluding carboxylic acids is 1. The number of hydrogen-bond acceptors (Lipinski definition) is 4. The van der Waals surface area contributed by atoms with Gasteiger partial charge in [-0.2, -0.15) is 0 Å². The predicted molar refractivity (Wildman–Crippen MR) is 74.3 cm³/mol. The molecule has 0 saturated heterocycles. The van der Waals surface area contributed by atoms with Crippen LogP contribution >= 0.6 is 11.6 Å². The van der Waals surface area contributed by atoms with Crippen molar-refractivity contribution in [2.45, 2.75) is 32.7 Å². The number of nitrogens with zero attached hydrogens (tertiary/aromatic N) is 3. The van der Waals surface area contributed by atoms with Gasteiger partial charge in [0.15, 0.2) is 0 Å². The molecule has 0 aromatic carbocycles. The summed E-state index contributed by atoms with van der Waals surface area (Å²) in [5.41, 5.74) is 0.312. The van der Waals surface area contributed by atoms with E-state index in [1.54, 1.807) is 12.0 Å². The van der Waals surface area contributed by atoms with Crippen LogP contribution in [0, 0.1) is 0 Å². The van der Waals surface area contributed by atoms with Gasteiger partial charge in [0.1, 0.15) is 10.8 Å². The topological polar surface area (TPSA) is 55.3 Å². The fraction of sp³-hybridized carbons (Fsp3) is 0.615. The van der Waals surface area contributed by atoms with Crippen molar-refractivity contribution in [1.29, 1.82) is 0 Å². The van der Waals surface area contributed by atoms with Crippen molar-refractivity contribution in [3.05, 3.63) is 23.2 Å². The van der Waals surface area contributed by atoms with Gasteiger partial charge in [-0.15, -0.1) is 0 Å². The van der Waals surface area contributed by atoms with E-state index in [-0.39, 0.29) is 17.1 Å². The Morgan fingerprint density at radius 2 is 2.05 bits per heavy atom. The van der Waals surface area contributed by atoms with Crippen molar-refractivity contribution in [3.8, 4) is 0 Å². The molecule has 0 radical (unpaired) electrons. The number of amides is 1. The van der Waals surface area contributed by atoms with Gasteiger partial charge in [-0.25, -0.2) is 9.97 Å². The van der Waals surface area contributed by atoms with Gasteiger partial charge in [0.05, 0.1) is 19.0 Å². The first-order valence-corrected chi connectivity index (χ1v) is 6.79. The van der Waals surface area contributed by atoms with E-state index in [9.17, 15) is 4.79 Å². The molecule has 1 aromatic rings. The average molecular weight is 286 g/mol. The molecule has 1 rings (SSSR count). The second-order valence-corrected chi connectivity index (χ2v) is 4.57. The summed E-state index contributed by atoms with van der Waals surface area (Å²) in [7, 11) is 1.62. The summed E-state index contributed by atoms with van der Waals surface area (Å²) in [6, 6.07) is 0.181. The van der Waals surface area contributed by atoms with Crippen LogP contribution in [0.15, 0.2) is 12.4 Å². The number of aromatic nitrogens is 2. The molecule has 106 valence electrons. The monoisotopic (exact) mass is 285 g/mol. The SMILES string of the molecule is CCC(CC)N(CCOC)C(=O)c1cnc(Cl)cn1. The molecular formula is C13H20ClN3O2. The second kappa shape index (κ2) is 8.07. The molecule has 0 bridgehead atoms. The largest absolute Gasteiger partial charge is 0.383 e. The van der Waals surface area contributed by atoms with E-state index in [4.69, 9.17) is 16.3 Å². The molecule has 0 aliphatic rings. The maximum atomic E-state index is 12.4. The second-order valence-electron chi connectivity index (χ2n) is 4.19. The van der Waals surface area contributed by atoms with Crippen LogP contribution in [-0.2, 0) is 4.74 Å². The number of carbonyl (C=O) groups is 1. The molecule has 0 N–H and O–H groups in total. The molecule has 1 aromatic heterocycles. The smallest absolute Gasteiger partial charge is 0.274 e. The molecule has 0 saturated carbocycles. The van der Waals surface area contributed by atoms with Gasteiger partial charge in [-0.3, -0.25) is 4.79 Å². The molecule has 5 nitrogen and oxygen atoms in total. The Labute approximate surface area is 118 Å². The van der Waals surface area contributed by atoms with E-state index in [1.807, 2.05) is 0 Å². The molecule has 1 heterocycles. The highest BCUT2D eigenvalue weighted by Gasteiger charge is 2.23. The number of methoxy groups -OCH3 is 1. The zero-order valence-electron chi connectivity index (χ0n) is 11.6. The fourth-order valence-electron chi connectivity index (χ4n) is 1.94. The van der Waals surface area contributed by atoms with Crippen LogP contribution < -0.4 is 0 Å². The van der Waals surface area contributed by atoms with E-state index >= 15 is 0 Å². The van der Waals surface area contributed by atoms with E-state index in [2.05, 4.69) is 23.8 Å². The summed E-state index contributed by atoms with van der Waals surface area (Å²) < 4.78 is 5.07. The van der Waals surface area contributed by atoms with Gasteiger partial charge in [0.2, 0.25) is 0 Å². The van der Waals surface area contributed by atoms with E-state index in [0.29, 0.717) is 18.8 Å². The first-order chi connectivity index (χ1) is 9.13. The molecule has 0 atom stereocenters. The molecule has 0 aliphatic carbocycles. The van der Waals surface area contributed by atoms with Gasteiger partial charge < -0.3 is 9.64 Å². The third kappa shape index (κ3) is 4.44. The van der Waals surface area contributed by atoms with Crippen LogP contribution in [0.1, 0.15) is 37.2 Å².